The summed E-state index contributed by atoms with van der Waals surface area (Å²) in [7, 11) is 1.85. The number of allylic oxidation sites excluding steroid dienone is 5. The van der Waals surface area contributed by atoms with E-state index >= 15 is 0 Å². The number of nitrogens with one attached hydrogen (secondary N) is 2. The molecule has 0 unspecified atom stereocenters. The predicted octanol–water partition coefficient (Wildman–Crippen LogP) is 3.93. The number of aliphatic imine (C=N–C) groups is 2. The van der Waals surface area contributed by atoms with Crippen LogP contribution >= 0.6 is 0 Å². The van der Waals surface area contributed by atoms with E-state index in [0.717, 1.165) is 62.5 Å². The topological polar surface area (TPSA) is 55.3 Å². The largest absolute Gasteiger partial charge is 0.305 e. The van der Waals surface area contributed by atoms with Crippen molar-refractivity contribution in [3.05, 3.63) is 72.3 Å². The van der Waals surface area contributed by atoms with E-state index in [-0.39, 0.29) is 0 Å². The maximum Gasteiger partial charge on any atom is 0.0606 e. The third-order valence-corrected chi connectivity index (χ3v) is 4.67. The molecule has 0 aromatic rings. The average molecular weight is 409 g/mol. The summed E-state index contributed by atoms with van der Waals surface area (Å²) in [5.41, 5.74) is 11.0. The summed E-state index contributed by atoms with van der Waals surface area (Å²) in [6.45, 7) is 11.1. The molecule has 0 amide bonds. The summed E-state index contributed by atoms with van der Waals surface area (Å²) in [4.78, 5) is 11.4. The van der Waals surface area contributed by atoms with Crippen LogP contribution in [-0.2, 0) is 0 Å². The van der Waals surface area contributed by atoms with Gasteiger partial charge in [0.15, 0.2) is 0 Å². The molecule has 0 spiro atoms. The van der Waals surface area contributed by atoms with Crippen LogP contribution in [0.3, 0.4) is 0 Å². The number of hydrazine groups is 2. The molecule has 162 valence electrons. The van der Waals surface area contributed by atoms with Gasteiger partial charge in [-0.25, -0.2) is 0 Å². The van der Waals surface area contributed by atoms with Crippen molar-refractivity contribution in [2.75, 3.05) is 33.2 Å². The number of hydrogen-bond donors (Lipinski definition) is 2. The van der Waals surface area contributed by atoms with Crippen LogP contribution < -0.4 is 11.0 Å². The minimum atomic E-state index is 0.759. The quantitative estimate of drug-likeness (QED) is 0.379. The lowest BCUT2D eigenvalue weighted by Crippen LogP contribution is -2.40. The summed E-state index contributed by atoms with van der Waals surface area (Å²) in [6, 6.07) is 0. The molecular formula is C24H36N6. The van der Waals surface area contributed by atoms with E-state index in [0.29, 0.717) is 0 Å². The third-order valence-electron chi connectivity index (χ3n) is 4.67. The Bertz CT molecular complexity index is 761. The Morgan fingerprint density at radius 1 is 1.33 bits per heavy atom. The van der Waals surface area contributed by atoms with Gasteiger partial charge in [-0.15, -0.1) is 5.53 Å². The van der Waals surface area contributed by atoms with E-state index in [4.69, 9.17) is 0 Å². The van der Waals surface area contributed by atoms with Crippen molar-refractivity contribution in [3.8, 4) is 0 Å². The van der Waals surface area contributed by atoms with E-state index < -0.39 is 0 Å². The van der Waals surface area contributed by atoms with Crippen molar-refractivity contribution in [1.82, 2.24) is 20.9 Å². The first-order valence-electron chi connectivity index (χ1n) is 10.7. The summed E-state index contributed by atoms with van der Waals surface area (Å²) in [5, 5.41) is 2.06. The molecule has 2 N–H and O–H groups in total. The van der Waals surface area contributed by atoms with Crippen molar-refractivity contribution in [3.63, 3.8) is 0 Å². The molecule has 2 aliphatic rings. The molecule has 0 bridgehead atoms. The maximum absolute atomic E-state index is 4.57. The molecule has 6 heteroatoms. The highest BCUT2D eigenvalue weighted by Crippen LogP contribution is 2.12. The molecule has 0 fully saturated rings. The van der Waals surface area contributed by atoms with Crippen LogP contribution in [0.2, 0.25) is 0 Å². The molecule has 0 saturated carbocycles. The Morgan fingerprint density at radius 3 is 2.87 bits per heavy atom. The first kappa shape index (κ1) is 23.6. The van der Waals surface area contributed by atoms with Gasteiger partial charge in [-0.05, 0) is 37.8 Å². The highest BCUT2D eigenvalue weighted by Gasteiger charge is 2.17. The molecule has 0 atom stereocenters. The van der Waals surface area contributed by atoms with Crippen LogP contribution in [0, 0.1) is 0 Å². The second-order valence-corrected chi connectivity index (χ2v) is 7.25. The zero-order valence-electron chi connectivity index (χ0n) is 18.6. The molecule has 0 aromatic carbocycles. The van der Waals surface area contributed by atoms with Gasteiger partial charge in [-0.2, -0.15) is 0 Å². The molecule has 0 aromatic heterocycles. The maximum atomic E-state index is 4.57. The van der Waals surface area contributed by atoms with Crippen LogP contribution in [0.15, 0.2) is 82.3 Å². The zero-order valence-corrected chi connectivity index (χ0v) is 18.6. The van der Waals surface area contributed by atoms with Gasteiger partial charge < -0.3 is 5.43 Å². The van der Waals surface area contributed by atoms with Gasteiger partial charge in [-0.1, -0.05) is 50.0 Å². The Labute approximate surface area is 181 Å². The van der Waals surface area contributed by atoms with Crippen LogP contribution in [0.4, 0.5) is 0 Å². The summed E-state index contributed by atoms with van der Waals surface area (Å²) in [6.07, 6.45) is 21.8. The molecule has 2 rings (SSSR count). The van der Waals surface area contributed by atoms with E-state index in [1.54, 1.807) is 0 Å². The van der Waals surface area contributed by atoms with E-state index in [1.807, 2.05) is 38.4 Å². The van der Waals surface area contributed by atoms with Crippen molar-refractivity contribution in [2.45, 2.75) is 33.1 Å². The van der Waals surface area contributed by atoms with Crippen LogP contribution in [0.1, 0.15) is 33.1 Å². The first-order valence-corrected chi connectivity index (χ1v) is 10.7. The highest BCUT2D eigenvalue weighted by molar-refractivity contribution is 5.96. The lowest BCUT2D eigenvalue weighted by Gasteiger charge is -2.23. The van der Waals surface area contributed by atoms with Gasteiger partial charge in [0.1, 0.15) is 0 Å². The number of rotatable bonds is 12. The first-order chi connectivity index (χ1) is 14.7. The molecule has 30 heavy (non-hydrogen) atoms. The van der Waals surface area contributed by atoms with Gasteiger partial charge in [-0.3, -0.25) is 19.9 Å². The second kappa shape index (κ2) is 13.5. The molecule has 0 radical (unpaired) electrons. The molecular weight excluding hydrogens is 372 g/mol. The van der Waals surface area contributed by atoms with Gasteiger partial charge in [0.05, 0.1) is 17.9 Å². The summed E-state index contributed by atoms with van der Waals surface area (Å²) < 4.78 is 0. The number of hydrogen-bond acceptors (Lipinski definition) is 6. The van der Waals surface area contributed by atoms with Crippen molar-refractivity contribution in [2.24, 2.45) is 9.98 Å². The zero-order chi connectivity index (χ0) is 21.6. The van der Waals surface area contributed by atoms with Gasteiger partial charge in [0, 0.05) is 44.8 Å². The lowest BCUT2D eigenvalue weighted by atomic mass is 10.2. The fourth-order valence-corrected chi connectivity index (χ4v) is 3.26. The fraction of sp³-hybridized carbons (Fsp3) is 0.417. The van der Waals surface area contributed by atoms with Crippen molar-refractivity contribution in [1.29, 1.82) is 0 Å². The normalized spacial score (nSPS) is 17.8. The van der Waals surface area contributed by atoms with Crippen molar-refractivity contribution >= 4 is 11.9 Å². The molecule has 0 aliphatic carbocycles. The standard InChI is InChI=1S/C24H36N6/c1-5-8-13-21(11-6-2)16-30-20-24(27-28-30)19-29(17-22(25-4)12-7-3)18-23-14-9-10-15-26-23/h6-8,11-15,20,27-28H,2,5,9-10,16-19H2,1,3-4H3/b12-7-,13-8-,21-11+,25-22?. The number of nitrogens with zero attached hydrogens (tertiary/aromatic N) is 4. The molecule has 2 aliphatic heterocycles. The minimum Gasteiger partial charge on any atom is -0.305 e. The van der Waals surface area contributed by atoms with Crippen LogP contribution in [-0.4, -0.2) is 55.1 Å². The van der Waals surface area contributed by atoms with E-state index in [2.05, 4.69) is 74.9 Å². The van der Waals surface area contributed by atoms with Crippen LogP contribution in [0.5, 0.6) is 0 Å². The van der Waals surface area contributed by atoms with E-state index in [9.17, 15) is 0 Å². The van der Waals surface area contributed by atoms with Gasteiger partial charge in [0.2, 0.25) is 0 Å². The smallest absolute Gasteiger partial charge is 0.0606 e. The second-order valence-electron chi connectivity index (χ2n) is 7.25. The Kier molecular flexibility index (Phi) is 10.6. The monoisotopic (exact) mass is 408 g/mol. The summed E-state index contributed by atoms with van der Waals surface area (Å²) >= 11 is 0. The summed E-state index contributed by atoms with van der Waals surface area (Å²) in [5.74, 6) is 0. The predicted molar refractivity (Wildman–Crippen MR) is 129 cm³/mol. The highest BCUT2D eigenvalue weighted by atomic mass is 15.7. The third kappa shape index (κ3) is 8.35. The average Bonchev–Trinajstić information content (AvgIpc) is 3.19. The SMILES string of the molecule is C=C/C=C(\C=C/CC)CN1C=C(CN(CC2=CCCC=N2)CC(/C=C\C)=NC)NN1. The Balaban J connectivity index is 2.06. The van der Waals surface area contributed by atoms with Crippen LogP contribution in [0.25, 0.3) is 0 Å². The molecule has 2 heterocycles. The minimum absolute atomic E-state index is 0.759. The lowest BCUT2D eigenvalue weighted by molar-refractivity contribution is 0.289. The fourth-order valence-electron chi connectivity index (χ4n) is 3.26. The van der Waals surface area contributed by atoms with Crippen molar-refractivity contribution < 1.29 is 0 Å². The molecule has 6 nitrogen and oxygen atoms in total. The Hall–Kier alpha value is -2.70. The van der Waals surface area contributed by atoms with E-state index in [1.165, 1.54) is 5.57 Å². The molecule has 0 saturated heterocycles. The van der Waals surface area contributed by atoms with Gasteiger partial charge >= 0.3 is 0 Å². The van der Waals surface area contributed by atoms with Gasteiger partial charge in [0.25, 0.3) is 0 Å². The Morgan fingerprint density at radius 2 is 2.20 bits per heavy atom.